The van der Waals surface area contributed by atoms with Crippen LogP contribution in [-0.2, 0) is 0 Å². The lowest BCUT2D eigenvalue weighted by Crippen LogP contribution is -2.02. The van der Waals surface area contributed by atoms with Crippen molar-refractivity contribution in [3.63, 3.8) is 0 Å². The van der Waals surface area contributed by atoms with Gasteiger partial charge in [-0.2, -0.15) is 0 Å². The van der Waals surface area contributed by atoms with Gasteiger partial charge in [0.05, 0.1) is 0 Å². The highest BCUT2D eigenvalue weighted by Gasteiger charge is 2.07. The summed E-state index contributed by atoms with van der Waals surface area (Å²) >= 11 is 5.71. The van der Waals surface area contributed by atoms with E-state index in [-0.39, 0.29) is 0 Å². The van der Waals surface area contributed by atoms with Crippen LogP contribution in [0.1, 0.15) is 12.8 Å². The van der Waals surface area contributed by atoms with Crippen molar-refractivity contribution < 1.29 is 0 Å². The molecule has 1 heterocycles. The summed E-state index contributed by atoms with van der Waals surface area (Å²) in [6, 6.07) is 0. The fraction of sp³-hybridized carbons (Fsp3) is 0.375. The number of alkyl halides is 1. The number of halogens is 1. The minimum absolute atomic E-state index is 0.611. The second-order valence-electron chi connectivity index (χ2n) is 2.87. The molecule has 2 rings (SSSR count). The number of aromatic nitrogens is 4. The molecule has 1 aromatic heterocycles. The SMILES string of the molecule is ClCC1=CC=C(n2cnnn2)CC1. The summed E-state index contributed by atoms with van der Waals surface area (Å²) in [6.07, 6.45) is 7.59. The van der Waals surface area contributed by atoms with Crippen LogP contribution >= 0.6 is 11.6 Å². The Kier molecular flexibility index (Phi) is 2.40. The first-order valence-electron chi connectivity index (χ1n) is 4.08. The van der Waals surface area contributed by atoms with Gasteiger partial charge in [-0.05, 0) is 29.3 Å². The molecule has 5 heteroatoms. The van der Waals surface area contributed by atoms with Crippen molar-refractivity contribution in [2.24, 2.45) is 0 Å². The van der Waals surface area contributed by atoms with E-state index in [4.69, 9.17) is 11.6 Å². The standard InChI is InChI=1S/C8H9ClN4/c9-5-7-1-3-8(4-2-7)13-6-10-11-12-13/h1,3,6H,2,4-5H2. The van der Waals surface area contributed by atoms with Crippen molar-refractivity contribution in [1.29, 1.82) is 0 Å². The first kappa shape index (κ1) is 8.44. The maximum Gasteiger partial charge on any atom is 0.143 e. The van der Waals surface area contributed by atoms with Crippen molar-refractivity contribution in [3.8, 4) is 0 Å². The molecule has 0 amide bonds. The van der Waals surface area contributed by atoms with Crippen LogP contribution in [0.2, 0.25) is 0 Å². The van der Waals surface area contributed by atoms with E-state index in [0.29, 0.717) is 5.88 Å². The lowest BCUT2D eigenvalue weighted by Gasteiger charge is -2.11. The number of hydrogen-bond donors (Lipinski definition) is 0. The van der Waals surface area contributed by atoms with Gasteiger partial charge < -0.3 is 0 Å². The fourth-order valence-electron chi connectivity index (χ4n) is 1.26. The smallest absolute Gasteiger partial charge is 0.143 e. The monoisotopic (exact) mass is 196 g/mol. The molecule has 1 aliphatic rings. The van der Waals surface area contributed by atoms with Crippen molar-refractivity contribution in [2.75, 3.05) is 5.88 Å². The number of allylic oxidation sites excluding steroid dienone is 4. The Labute approximate surface area is 80.9 Å². The molecule has 0 N–H and O–H groups in total. The predicted octanol–water partition coefficient (Wildman–Crippen LogP) is 1.47. The van der Waals surface area contributed by atoms with Crippen LogP contribution in [0, 0.1) is 0 Å². The average Bonchev–Trinajstić information content (AvgIpc) is 2.71. The van der Waals surface area contributed by atoms with Crippen LogP contribution in [-0.4, -0.2) is 26.1 Å². The molecule has 68 valence electrons. The van der Waals surface area contributed by atoms with Crippen molar-refractivity contribution in [3.05, 3.63) is 24.1 Å². The van der Waals surface area contributed by atoms with E-state index in [1.807, 2.05) is 12.2 Å². The lowest BCUT2D eigenvalue weighted by atomic mass is 10.0. The third-order valence-corrected chi connectivity index (χ3v) is 2.37. The average molecular weight is 197 g/mol. The minimum Gasteiger partial charge on any atom is -0.205 e. The van der Waals surface area contributed by atoms with E-state index in [9.17, 15) is 0 Å². The summed E-state index contributed by atoms with van der Waals surface area (Å²) in [7, 11) is 0. The molecule has 0 saturated heterocycles. The zero-order valence-corrected chi connectivity index (χ0v) is 7.78. The van der Waals surface area contributed by atoms with E-state index in [1.165, 1.54) is 5.57 Å². The van der Waals surface area contributed by atoms with Gasteiger partial charge in [-0.15, -0.1) is 16.7 Å². The molecule has 1 aromatic rings. The van der Waals surface area contributed by atoms with E-state index in [2.05, 4.69) is 15.5 Å². The van der Waals surface area contributed by atoms with E-state index >= 15 is 0 Å². The van der Waals surface area contributed by atoms with Gasteiger partial charge in [0.1, 0.15) is 6.33 Å². The first-order chi connectivity index (χ1) is 6.40. The Morgan fingerprint density at radius 1 is 1.38 bits per heavy atom. The van der Waals surface area contributed by atoms with Gasteiger partial charge in [-0.25, -0.2) is 4.68 Å². The maximum absolute atomic E-state index is 5.71. The fourth-order valence-corrected chi connectivity index (χ4v) is 1.49. The Hall–Kier alpha value is -1.16. The van der Waals surface area contributed by atoms with Gasteiger partial charge >= 0.3 is 0 Å². The van der Waals surface area contributed by atoms with E-state index < -0.39 is 0 Å². The normalized spacial score (nSPS) is 16.7. The van der Waals surface area contributed by atoms with Gasteiger partial charge in [0.2, 0.25) is 0 Å². The molecular formula is C8H9ClN4. The van der Waals surface area contributed by atoms with Gasteiger partial charge in [-0.3, -0.25) is 0 Å². The molecule has 0 aliphatic heterocycles. The van der Waals surface area contributed by atoms with Crippen molar-refractivity contribution in [2.45, 2.75) is 12.8 Å². The predicted molar refractivity (Wildman–Crippen MR) is 50.1 cm³/mol. The molecule has 0 bridgehead atoms. The Bertz CT molecular complexity index is 339. The third kappa shape index (κ3) is 1.78. The maximum atomic E-state index is 5.71. The second kappa shape index (κ2) is 3.70. The Morgan fingerprint density at radius 2 is 2.31 bits per heavy atom. The summed E-state index contributed by atoms with van der Waals surface area (Å²) in [6.45, 7) is 0. The number of hydrogen-bond acceptors (Lipinski definition) is 3. The van der Waals surface area contributed by atoms with Crippen LogP contribution in [0.3, 0.4) is 0 Å². The highest BCUT2D eigenvalue weighted by molar-refractivity contribution is 6.19. The zero-order chi connectivity index (χ0) is 9.10. The Morgan fingerprint density at radius 3 is 2.85 bits per heavy atom. The van der Waals surface area contributed by atoms with Gasteiger partial charge in [0, 0.05) is 11.6 Å². The van der Waals surface area contributed by atoms with Crippen LogP contribution in [0.5, 0.6) is 0 Å². The molecule has 0 spiro atoms. The number of rotatable bonds is 2. The third-order valence-electron chi connectivity index (χ3n) is 2.03. The number of nitrogens with zero attached hydrogens (tertiary/aromatic N) is 4. The summed E-state index contributed by atoms with van der Waals surface area (Å²) in [4.78, 5) is 0. The van der Waals surface area contributed by atoms with E-state index in [0.717, 1.165) is 18.5 Å². The largest absolute Gasteiger partial charge is 0.205 e. The number of tetrazole rings is 1. The molecule has 0 atom stereocenters. The highest BCUT2D eigenvalue weighted by atomic mass is 35.5. The summed E-state index contributed by atoms with van der Waals surface area (Å²) in [5.41, 5.74) is 2.37. The molecule has 0 unspecified atom stereocenters. The zero-order valence-electron chi connectivity index (χ0n) is 7.02. The summed E-state index contributed by atoms with van der Waals surface area (Å²) < 4.78 is 1.68. The molecule has 0 fully saturated rings. The van der Waals surface area contributed by atoms with Crippen molar-refractivity contribution >= 4 is 17.3 Å². The second-order valence-corrected chi connectivity index (χ2v) is 3.14. The topological polar surface area (TPSA) is 43.6 Å². The molecule has 0 aromatic carbocycles. The molecule has 0 radical (unpaired) electrons. The lowest BCUT2D eigenvalue weighted by molar-refractivity contribution is 0.766. The molecule has 13 heavy (non-hydrogen) atoms. The summed E-state index contributed by atoms with van der Waals surface area (Å²) in [5.74, 6) is 0.611. The summed E-state index contributed by atoms with van der Waals surface area (Å²) in [5, 5.41) is 11.0. The highest BCUT2D eigenvalue weighted by Crippen LogP contribution is 2.21. The minimum atomic E-state index is 0.611. The van der Waals surface area contributed by atoms with Crippen molar-refractivity contribution in [1.82, 2.24) is 20.2 Å². The van der Waals surface area contributed by atoms with Crippen LogP contribution in [0.15, 0.2) is 24.1 Å². The van der Waals surface area contributed by atoms with Crippen LogP contribution in [0.25, 0.3) is 5.70 Å². The molecule has 0 saturated carbocycles. The van der Waals surface area contributed by atoms with Crippen LogP contribution < -0.4 is 0 Å². The van der Waals surface area contributed by atoms with Gasteiger partial charge in [0.15, 0.2) is 0 Å². The molecule has 1 aliphatic carbocycles. The van der Waals surface area contributed by atoms with Gasteiger partial charge in [-0.1, -0.05) is 11.6 Å². The quantitative estimate of drug-likeness (QED) is 0.673. The van der Waals surface area contributed by atoms with E-state index in [1.54, 1.807) is 11.0 Å². The van der Waals surface area contributed by atoms with Gasteiger partial charge in [0.25, 0.3) is 0 Å². The Balaban J connectivity index is 2.20. The molecular weight excluding hydrogens is 188 g/mol. The molecule has 4 nitrogen and oxygen atoms in total. The first-order valence-corrected chi connectivity index (χ1v) is 4.61. The van der Waals surface area contributed by atoms with Crippen LogP contribution in [0.4, 0.5) is 0 Å².